The molecule has 2 fully saturated rings. The van der Waals surface area contributed by atoms with Crippen LogP contribution in [0.2, 0.25) is 0 Å². The molecular formula is C38H46N8O6. The first-order valence-electron chi connectivity index (χ1n) is 17.5. The number of alkyl carbamates (subject to hydrolysis) is 2. The van der Waals surface area contributed by atoms with E-state index in [-0.39, 0.29) is 35.7 Å². The number of benzene rings is 1. The maximum atomic E-state index is 13.4. The Bertz CT molecular complexity index is 1880. The molecule has 2 saturated heterocycles. The van der Waals surface area contributed by atoms with Gasteiger partial charge in [-0.05, 0) is 73.0 Å². The lowest BCUT2D eigenvalue weighted by Gasteiger charge is -2.30. The molecule has 14 heteroatoms. The molecule has 0 saturated carbocycles. The zero-order valence-electron chi connectivity index (χ0n) is 30.4. The van der Waals surface area contributed by atoms with Gasteiger partial charge in [0.25, 0.3) is 0 Å². The second kappa shape index (κ2) is 17.0. The third-order valence-electron chi connectivity index (χ3n) is 9.34. The minimum atomic E-state index is -0.703. The maximum absolute atomic E-state index is 13.4. The number of hydrogen-bond donors (Lipinski definition) is 4. The van der Waals surface area contributed by atoms with E-state index in [0.717, 1.165) is 42.5 Å². The number of likely N-dealkylation sites (tertiary alicyclic amines) is 2. The van der Waals surface area contributed by atoms with E-state index >= 15 is 0 Å². The van der Waals surface area contributed by atoms with Crippen molar-refractivity contribution in [2.24, 2.45) is 11.8 Å². The lowest BCUT2D eigenvalue weighted by Crippen LogP contribution is -2.51. The Balaban J connectivity index is 1.20. The van der Waals surface area contributed by atoms with Crippen molar-refractivity contribution >= 4 is 24.0 Å². The first kappa shape index (κ1) is 37.5. The zero-order valence-corrected chi connectivity index (χ0v) is 30.4. The predicted molar refractivity (Wildman–Crippen MR) is 192 cm³/mol. The average molecular weight is 711 g/mol. The second-order valence-electron chi connectivity index (χ2n) is 13.5. The first-order valence-corrected chi connectivity index (χ1v) is 17.5. The van der Waals surface area contributed by atoms with Crippen molar-refractivity contribution in [3.8, 4) is 34.9 Å². The Morgan fingerprint density at radius 2 is 1.25 bits per heavy atom. The molecule has 0 aliphatic carbocycles. The number of aromatic nitrogens is 4. The fourth-order valence-electron chi connectivity index (χ4n) is 6.54. The van der Waals surface area contributed by atoms with Gasteiger partial charge in [-0.3, -0.25) is 9.59 Å². The van der Waals surface area contributed by atoms with Gasteiger partial charge in [0, 0.05) is 18.7 Å². The van der Waals surface area contributed by atoms with Crippen molar-refractivity contribution < 1.29 is 28.7 Å². The molecule has 4 amide bonds. The average Bonchev–Trinajstić information content (AvgIpc) is 3.97. The minimum absolute atomic E-state index is 0.111. The van der Waals surface area contributed by atoms with Gasteiger partial charge in [-0.25, -0.2) is 19.6 Å². The van der Waals surface area contributed by atoms with E-state index < -0.39 is 24.3 Å². The van der Waals surface area contributed by atoms with Crippen molar-refractivity contribution in [1.82, 2.24) is 40.4 Å². The summed E-state index contributed by atoms with van der Waals surface area (Å²) >= 11 is 0. The molecule has 5 rings (SSSR count). The Morgan fingerprint density at radius 1 is 0.750 bits per heavy atom. The Kier molecular flexibility index (Phi) is 12.2. The van der Waals surface area contributed by atoms with Gasteiger partial charge in [-0.2, -0.15) is 0 Å². The highest BCUT2D eigenvalue weighted by Gasteiger charge is 2.38. The molecule has 4 heterocycles. The molecule has 0 bridgehead atoms. The van der Waals surface area contributed by atoms with E-state index in [1.807, 2.05) is 52.0 Å². The van der Waals surface area contributed by atoms with Crippen LogP contribution in [-0.4, -0.2) is 93.1 Å². The first-order chi connectivity index (χ1) is 25.0. The van der Waals surface area contributed by atoms with Crippen molar-refractivity contribution in [2.45, 2.75) is 77.5 Å². The largest absolute Gasteiger partial charge is 0.453 e. The number of ether oxygens (including phenoxy) is 2. The highest BCUT2D eigenvalue weighted by Crippen LogP contribution is 2.33. The summed E-state index contributed by atoms with van der Waals surface area (Å²) in [4.78, 5) is 69.8. The molecule has 14 nitrogen and oxygen atoms in total. The normalized spacial score (nSPS) is 17.8. The van der Waals surface area contributed by atoms with Crippen LogP contribution in [0.15, 0.2) is 36.7 Å². The van der Waals surface area contributed by atoms with Gasteiger partial charge in [-0.15, -0.1) is 0 Å². The van der Waals surface area contributed by atoms with E-state index in [1.54, 1.807) is 22.2 Å². The number of H-pyrrole nitrogens is 2. The van der Waals surface area contributed by atoms with Gasteiger partial charge < -0.3 is 39.9 Å². The Labute approximate surface area is 303 Å². The van der Waals surface area contributed by atoms with E-state index in [0.29, 0.717) is 30.4 Å². The number of rotatable bonds is 9. The third kappa shape index (κ3) is 8.75. The molecule has 3 aromatic rings. The van der Waals surface area contributed by atoms with Gasteiger partial charge in [0.05, 0.1) is 44.4 Å². The number of nitrogens with zero attached hydrogens (tertiary/aromatic N) is 4. The summed E-state index contributed by atoms with van der Waals surface area (Å²) in [7, 11) is 2.55. The summed E-state index contributed by atoms with van der Waals surface area (Å²) < 4.78 is 9.44. The molecule has 1 aromatic carbocycles. The molecule has 52 heavy (non-hydrogen) atoms. The number of aromatic amines is 2. The van der Waals surface area contributed by atoms with Crippen LogP contribution in [0.4, 0.5) is 9.59 Å². The molecule has 4 N–H and O–H groups in total. The molecule has 2 aliphatic heterocycles. The number of imidazole rings is 2. The number of amides is 4. The number of hydrogen-bond acceptors (Lipinski definition) is 8. The van der Waals surface area contributed by atoms with Crippen LogP contribution in [0.5, 0.6) is 0 Å². The van der Waals surface area contributed by atoms with Crippen LogP contribution in [0, 0.1) is 35.5 Å². The third-order valence-corrected chi connectivity index (χ3v) is 9.34. The lowest BCUT2D eigenvalue weighted by atomic mass is 10.0. The lowest BCUT2D eigenvalue weighted by molar-refractivity contribution is -0.136. The molecular weight excluding hydrogens is 664 g/mol. The van der Waals surface area contributed by atoms with E-state index in [4.69, 9.17) is 9.47 Å². The van der Waals surface area contributed by atoms with Crippen LogP contribution in [0.1, 0.15) is 88.4 Å². The van der Waals surface area contributed by atoms with Crippen molar-refractivity contribution in [3.05, 3.63) is 59.6 Å². The monoisotopic (exact) mass is 710 g/mol. The van der Waals surface area contributed by atoms with E-state index in [1.165, 1.54) is 14.2 Å². The summed E-state index contributed by atoms with van der Waals surface area (Å²) in [5.41, 5.74) is 3.11. The number of methoxy groups -OCH3 is 2. The fraction of sp³-hybridized carbons (Fsp3) is 0.474. The summed E-state index contributed by atoms with van der Waals surface area (Å²) in [6, 6.07) is 5.84. The smallest absolute Gasteiger partial charge is 0.407 e. The van der Waals surface area contributed by atoms with Gasteiger partial charge in [-0.1, -0.05) is 45.7 Å². The molecule has 0 radical (unpaired) electrons. The Morgan fingerprint density at radius 3 is 1.77 bits per heavy atom. The van der Waals surface area contributed by atoms with Gasteiger partial charge in [0.2, 0.25) is 11.8 Å². The topological polar surface area (TPSA) is 175 Å². The van der Waals surface area contributed by atoms with Crippen LogP contribution >= 0.6 is 0 Å². The quantitative estimate of drug-likeness (QED) is 0.238. The Hall–Kier alpha value is -5.76. The highest BCUT2D eigenvalue weighted by molar-refractivity contribution is 5.87. The summed E-state index contributed by atoms with van der Waals surface area (Å²) in [6.07, 6.45) is 5.30. The van der Waals surface area contributed by atoms with Crippen LogP contribution in [-0.2, 0) is 19.1 Å². The molecule has 0 spiro atoms. The van der Waals surface area contributed by atoms with Gasteiger partial charge in [0.15, 0.2) is 0 Å². The van der Waals surface area contributed by atoms with Crippen LogP contribution in [0.3, 0.4) is 0 Å². The van der Waals surface area contributed by atoms with E-state index in [2.05, 4.69) is 54.3 Å². The predicted octanol–water partition coefficient (Wildman–Crippen LogP) is 4.29. The van der Waals surface area contributed by atoms with Gasteiger partial charge in [0.1, 0.15) is 29.4 Å². The van der Waals surface area contributed by atoms with Crippen LogP contribution in [0.25, 0.3) is 11.3 Å². The molecule has 0 unspecified atom stereocenters. The van der Waals surface area contributed by atoms with Gasteiger partial charge >= 0.3 is 12.2 Å². The molecule has 4 atom stereocenters. The number of carbonyl (C=O) groups is 4. The fourth-order valence-corrected chi connectivity index (χ4v) is 6.54. The molecule has 2 aliphatic rings. The SMILES string of the molecule is COC(=O)N[C@H](C(=O)N1CCC[C@@H]1c1ncc(C#CC#Cc2ccc(-c3cnc([C@@H]4CCCN4C(=O)[C@@H](NC(=O)OC)C(C)C)[nH]3)cc2)[nH]1)C(C)C. The summed E-state index contributed by atoms with van der Waals surface area (Å²) in [6.45, 7) is 8.68. The molecule has 2 aromatic heterocycles. The number of nitrogens with one attached hydrogen (secondary N) is 4. The minimum Gasteiger partial charge on any atom is -0.453 e. The highest BCUT2D eigenvalue weighted by atomic mass is 16.5. The maximum Gasteiger partial charge on any atom is 0.407 e. The second-order valence-corrected chi connectivity index (χ2v) is 13.5. The van der Waals surface area contributed by atoms with Crippen molar-refractivity contribution in [1.29, 1.82) is 0 Å². The molecule has 274 valence electrons. The number of carbonyl (C=O) groups excluding carboxylic acids is 4. The van der Waals surface area contributed by atoms with Crippen molar-refractivity contribution in [3.63, 3.8) is 0 Å². The summed E-state index contributed by atoms with van der Waals surface area (Å²) in [5, 5.41) is 5.33. The van der Waals surface area contributed by atoms with E-state index in [9.17, 15) is 19.2 Å². The van der Waals surface area contributed by atoms with Crippen LogP contribution < -0.4 is 10.6 Å². The zero-order chi connectivity index (χ0) is 37.4. The van der Waals surface area contributed by atoms with Crippen molar-refractivity contribution in [2.75, 3.05) is 27.3 Å². The summed E-state index contributed by atoms with van der Waals surface area (Å²) in [5.74, 6) is 12.6. The standard InChI is InChI=1S/C38H46N8O6/c1-23(2)31(43-37(49)51-5)35(47)45-19-9-13-29(45)33-39-21-27(41-33)12-8-7-11-25-15-17-26(18-16-25)28-22-40-34(42-28)30-14-10-20-46(30)36(48)32(24(3)4)44-38(50)52-6/h15-18,21-24,29-32H,9-10,13-14,19-20H2,1-6H3,(H,39,41)(H,40,42)(H,43,49)(H,44,50)/t29-,30+,31+,32+/m1/s1.